The van der Waals surface area contributed by atoms with E-state index in [4.69, 9.17) is 10.00 Å². The van der Waals surface area contributed by atoms with Gasteiger partial charge in [0.25, 0.3) is 0 Å². The molecule has 2 unspecified atom stereocenters. The van der Waals surface area contributed by atoms with Crippen LogP contribution in [-0.2, 0) is 14.8 Å². The van der Waals surface area contributed by atoms with Crippen LogP contribution in [0.25, 0.3) is 0 Å². The molecule has 1 aliphatic carbocycles. The van der Waals surface area contributed by atoms with Crippen molar-refractivity contribution < 1.29 is 13.2 Å². The molecule has 1 saturated carbocycles. The normalized spacial score (nSPS) is 22.6. The summed E-state index contributed by atoms with van der Waals surface area (Å²) in [5, 5.41) is 8.88. The predicted octanol–water partition coefficient (Wildman–Crippen LogP) is 1.71. The van der Waals surface area contributed by atoms with Crippen molar-refractivity contribution in [2.24, 2.45) is 0 Å². The van der Waals surface area contributed by atoms with E-state index in [1.165, 1.54) is 18.2 Å². The third kappa shape index (κ3) is 3.01. The number of nitrogens with zero attached hydrogens (tertiary/aromatic N) is 1. The third-order valence-corrected chi connectivity index (χ3v) is 5.18. The summed E-state index contributed by atoms with van der Waals surface area (Å²) in [5.41, 5.74) is 1.14. The van der Waals surface area contributed by atoms with E-state index < -0.39 is 10.0 Å². The first-order chi connectivity index (χ1) is 9.47. The van der Waals surface area contributed by atoms with Gasteiger partial charge in [0.05, 0.1) is 22.6 Å². The van der Waals surface area contributed by atoms with E-state index in [9.17, 15) is 8.42 Å². The van der Waals surface area contributed by atoms with Crippen molar-refractivity contribution in [3.63, 3.8) is 0 Å². The molecular formula is C14H18N2O3S. The van der Waals surface area contributed by atoms with Crippen molar-refractivity contribution in [1.29, 1.82) is 5.26 Å². The van der Waals surface area contributed by atoms with Gasteiger partial charge in [-0.3, -0.25) is 0 Å². The van der Waals surface area contributed by atoms with Crippen molar-refractivity contribution in [3.8, 4) is 6.07 Å². The van der Waals surface area contributed by atoms with Gasteiger partial charge in [0, 0.05) is 13.2 Å². The van der Waals surface area contributed by atoms with Crippen LogP contribution in [0.5, 0.6) is 0 Å². The summed E-state index contributed by atoms with van der Waals surface area (Å²) in [6.45, 7) is 1.73. The molecule has 1 N–H and O–H groups in total. The van der Waals surface area contributed by atoms with Crippen LogP contribution in [0, 0.1) is 18.3 Å². The second-order valence-electron chi connectivity index (χ2n) is 5.02. The van der Waals surface area contributed by atoms with Crippen LogP contribution in [0.3, 0.4) is 0 Å². The van der Waals surface area contributed by atoms with Crippen LogP contribution < -0.4 is 4.72 Å². The second kappa shape index (κ2) is 5.92. The molecule has 0 heterocycles. The maximum absolute atomic E-state index is 12.4. The van der Waals surface area contributed by atoms with E-state index in [0.29, 0.717) is 11.1 Å². The number of sulfonamides is 1. The molecule has 1 fully saturated rings. The minimum atomic E-state index is -3.57. The Bertz CT molecular complexity index is 634. The van der Waals surface area contributed by atoms with Gasteiger partial charge in [-0.15, -0.1) is 0 Å². The maximum Gasteiger partial charge on any atom is 0.240 e. The lowest BCUT2D eigenvalue weighted by molar-refractivity contribution is 0.0916. The van der Waals surface area contributed by atoms with E-state index in [-0.39, 0.29) is 17.0 Å². The zero-order valence-corrected chi connectivity index (χ0v) is 12.4. The zero-order valence-electron chi connectivity index (χ0n) is 11.6. The summed E-state index contributed by atoms with van der Waals surface area (Å²) in [6.07, 6.45) is 2.55. The Morgan fingerprint density at radius 1 is 1.40 bits per heavy atom. The van der Waals surface area contributed by atoms with Crippen LogP contribution >= 0.6 is 0 Å². The highest BCUT2D eigenvalue weighted by Crippen LogP contribution is 2.24. The van der Waals surface area contributed by atoms with E-state index in [1.54, 1.807) is 14.0 Å². The lowest BCUT2D eigenvalue weighted by atomic mass is 10.1. The Morgan fingerprint density at radius 3 is 2.75 bits per heavy atom. The van der Waals surface area contributed by atoms with Crippen LogP contribution in [0.2, 0.25) is 0 Å². The van der Waals surface area contributed by atoms with Crippen LogP contribution in [-0.4, -0.2) is 27.7 Å². The van der Waals surface area contributed by atoms with E-state index >= 15 is 0 Å². The summed E-state index contributed by atoms with van der Waals surface area (Å²) in [4.78, 5) is 0.191. The first-order valence-electron chi connectivity index (χ1n) is 6.54. The number of methoxy groups -OCH3 is 1. The number of ether oxygens (including phenoxy) is 1. The van der Waals surface area contributed by atoms with Gasteiger partial charge in [0.2, 0.25) is 10.0 Å². The molecule has 1 aromatic carbocycles. The number of nitrogens with one attached hydrogen (secondary N) is 1. The van der Waals surface area contributed by atoms with Crippen molar-refractivity contribution in [2.45, 2.75) is 43.2 Å². The van der Waals surface area contributed by atoms with Crippen molar-refractivity contribution in [2.75, 3.05) is 7.11 Å². The summed E-state index contributed by atoms with van der Waals surface area (Å²) < 4.78 is 32.7. The lowest BCUT2D eigenvalue weighted by Crippen LogP contribution is -2.40. The summed E-state index contributed by atoms with van der Waals surface area (Å²) in [6, 6.07) is 6.37. The molecule has 2 atom stereocenters. The Morgan fingerprint density at radius 2 is 2.15 bits per heavy atom. The standard InChI is InChI=1S/C14H18N2O3S/c1-10-8-12(7-6-11(10)9-15)20(17,18)16-13-4-3-5-14(13)19-2/h6-8,13-14,16H,3-5H2,1-2H3. The number of hydrogen-bond donors (Lipinski definition) is 1. The van der Waals surface area contributed by atoms with Gasteiger partial charge < -0.3 is 4.74 Å². The monoisotopic (exact) mass is 294 g/mol. The van der Waals surface area contributed by atoms with E-state index in [0.717, 1.165) is 19.3 Å². The van der Waals surface area contributed by atoms with Crippen LogP contribution in [0.4, 0.5) is 0 Å². The highest BCUT2D eigenvalue weighted by atomic mass is 32.2. The quantitative estimate of drug-likeness (QED) is 0.917. The first-order valence-corrected chi connectivity index (χ1v) is 8.02. The molecule has 0 bridgehead atoms. The van der Waals surface area contributed by atoms with Gasteiger partial charge in [0.1, 0.15) is 0 Å². The minimum Gasteiger partial charge on any atom is -0.380 e. The third-order valence-electron chi connectivity index (χ3n) is 3.69. The highest BCUT2D eigenvalue weighted by Gasteiger charge is 2.31. The molecule has 0 radical (unpaired) electrons. The van der Waals surface area contributed by atoms with Crippen LogP contribution in [0.15, 0.2) is 23.1 Å². The number of hydrogen-bond acceptors (Lipinski definition) is 4. The molecule has 0 aromatic heterocycles. The van der Waals surface area contributed by atoms with Crippen molar-refractivity contribution >= 4 is 10.0 Å². The molecule has 0 saturated heterocycles. The molecular weight excluding hydrogens is 276 g/mol. The smallest absolute Gasteiger partial charge is 0.240 e. The molecule has 6 heteroatoms. The fraction of sp³-hybridized carbons (Fsp3) is 0.500. The largest absolute Gasteiger partial charge is 0.380 e. The Labute approximate surface area is 119 Å². The molecule has 1 aliphatic rings. The van der Waals surface area contributed by atoms with Crippen molar-refractivity contribution in [1.82, 2.24) is 4.72 Å². The highest BCUT2D eigenvalue weighted by molar-refractivity contribution is 7.89. The van der Waals surface area contributed by atoms with Gasteiger partial charge in [0.15, 0.2) is 0 Å². The van der Waals surface area contributed by atoms with Gasteiger partial charge in [-0.25, -0.2) is 13.1 Å². The number of benzene rings is 1. The Hall–Kier alpha value is -1.42. The summed E-state index contributed by atoms with van der Waals surface area (Å²) in [7, 11) is -1.97. The maximum atomic E-state index is 12.4. The fourth-order valence-corrected chi connectivity index (χ4v) is 3.92. The van der Waals surface area contributed by atoms with Gasteiger partial charge in [-0.1, -0.05) is 0 Å². The topological polar surface area (TPSA) is 79.2 Å². The summed E-state index contributed by atoms with van der Waals surface area (Å²) in [5.74, 6) is 0. The average molecular weight is 294 g/mol. The molecule has 0 spiro atoms. The second-order valence-corrected chi connectivity index (χ2v) is 6.74. The molecule has 5 nitrogen and oxygen atoms in total. The Kier molecular flexibility index (Phi) is 4.43. The summed E-state index contributed by atoms with van der Waals surface area (Å²) >= 11 is 0. The zero-order chi connectivity index (χ0) is 14.8. The number of nitriles is 1. The van der Waals surface area contributed by atoms with Gasteiger partial charge in [-0.2, -0.15) is 5.26 Å². The molecule has 1 aromatic rings. The molecule has 0 aliphatic heterocycles. The first kappa shape index (κ1) is 15.0. The Balaban J connectivity index is 2.23. The number of aryl methyl sites for hydroxylation is 1. The van der Waals surface area contributed by atoms with E-state index in [2.05, 4.69) is 4.72 Å². The van der Waals surface area contributed by atoms with Gasteiger partial charge in [-0.05, 0) is 49.9 Å². The van der Waals surface area contributed by atoms with E-state index in [1.807, 2.05) is 6.07 Å². The lowest BCUT2D eigenvalue weighted by Gasteiger charge is -2.19. The SMILES string of the molecule is COC1CCCC1NS(=O)(=O)c1ccc(C#N)c(C)c1. The van der Waals surface area contributed by atoms with Gasteiger partial charge >= 0.3 is 0 Å². The molecule has 108 valence electrons. The van der Waals surface area contributed by atoms with Crippen molar-refractivity contribution in [3.05, 3.63) is 29.3 Å². The van der Waals surface area contributed by atoms with Crippen LogP contribution in [0.1, 0.15) is 30.4 Å². The number of rotatable bonds is 4. The minimum absolute atomic E-state index is 0.0655. The fourth-order valence-electron chi connectivity index (χ4n) is 2.54. The molecule has 2 rings (SSSR count). The molecule has 0 amide bonds. The average Bonchev–Trinajstić information content (AvgIpc) is 2.85. The predicted molar refractivity (Wildman–Crippen MR) is 74.7 cm³/mol. The molecule has 20 heavy (non-hydrogen) atoms.